The van der Waals surface area contributed by atoms with Gasteiger partial charge in [-0.1, -0.05) is 166 Å². The number of unbranched alkanes of at least 4 members (excludes halogenated alkanes) is 18. The summed E-state index contributed by atoms with van der Waals surface area (Å²) in [5, 5.41) is 1.81. The topological polar surface area (TPSA) is 118 Å². The molecule has 0 aliphatic heterocycles. The molecule has 3 aromatic carbocycles. The van der Waals surface area contributed by atoms with Crippen LogP contribution in [-0.2, 0) is 20.0 Å². The second-order valence-electron chi connectivity index (χ2n) is 15.8. The second kappa shape index (κ2) is 23.8. The van der Waals surface area contributed by atoms with Crippen LogP contribution in [0.1, 0.15) is 142 Å². The normalized spacial score (nSPS) is 12.2. The van der Waals surface area contributed by atoms with Crippen LogP contribution in [-0.4, -0.2) is 39.9 Å². The molecule has 5 aromatic rings. The lowest BCUT2D eigenvalue weighted by Crippen LogP contribution is -2.24. The van der Waals surface area contributed by atoms with Crippen LogP contribution in [0.2, 0.25) is 0 Å². The van der Waals surface area contributed by atoms with Gasteiger partial charge >= 0.3 is 0 Å². The lowest BCUT2D eigenvalue weighted by molar-refractivity contribution is 0.548. The molecule has 0 amide bonds. The maximum Gasteiger partial charge on any atom is 0.240 e. The molecule has 314 valence electrons. The highest BCUT2D eigenvalue weighted by Crippen LogP contribution is 2.35. The molecule has 0 spiro atoms. The summed E-state index contributed by atoms with van der Waals surface area (Å²) in [4.78, 5) is 9.96. The Hall–Kier alpha value is -3.70. The van der Waals surface area contributed by atoms with Crippen molar-refractivity contribution in [2.75, 3.05) is 13.1 Å². The van der Waals surface area contributed by atoms with E-state index in [1.54, 1.807) is 36.7 Å². The van der Waals surface area contributed by atoms with Crippen LogP contribution in [0.4, 0.5) is 0 Å². The van der Waals surface area contributed by atoms with Crippen molar-refractivity contribution in [3.8, 4) is 22.3 Å². The third-order valence-electron chi connectivity index (χ3n) is 11.2. The monoisotopic (exact) mass is 826 g/mol. The molecule has 0 unspecified atom stereocenters. The van der Waals surface area contributed by atoms with Crippen molar-refractivity contribution >= 4 is 41.9 Å². The van der Waals surface area contributed by atoms with Gasteiger partial charge in [0.15, 0.2) is 0 Å². The first-order chi connectivity index (χ1) is 28.2. The van der Waals surface area contributed by atoms with Gasteiger partial charge in [-0.05, 0) is 71.5 Å². The third-order valence-corrected chi connectivity index (χ3v) is 14.2. The van der Waals surface area contributed by atoms with E-state index in [1.807, 2.05) is 48.5 Å². The van der Waals surface area contributed by atoms with E-state index in [1.165, 1.54) is 89.9 Å². The van der Waals surface area contributed by atoms with Gasteiger partial charge in [0.25, 0.3) is 0 Å². The van der Waals surface area contributed by atoms with Crippen LogP contribution < -0.4 is 9.44 Å². The van der Waals surface area contributed by atoms with Crippen LogP contribution >= 0.6 is 0 Å². The summed E-state index contributed by atoms with van der Waals surface area (Å²) >= 11 is 0. The van der Waals surface area contributed by atoms with Gasteiger partial charge in [0.05, 0.1) is 20.8 Å². The quantitative estimate of drug-likeness (QED) is 0.0383. The average molecular weight is 827 g/mol. The Balaban J connectivity index is 1.16. The van der Waals surface area contributed by atoms with Gasteiger partial charge in [0.1, 0.15) is 0 Å². The number of hydrogen-bond donors (Lipinski definition) is 2. The third kappa shape index (κ3) is 13.4. The summed E-state index contributed by atoms with van der Waals surface area (Å²) in [5.41, 5.74) is 5.11. The van der Waals surface area contributed by atoms with E-state index in [0.717, 1.165) is 82.6 Å². The summed E-state index contributed by atoms with van der Waals surface area (Å²) in [5.74, 6) is 0. The molecule has 8 nitrogen and oxygen atoms in total. The molecule has 0 saturated heterocycles. The number of nitrogens with zero attached hydrogens (tertiary/aromatic N) is 2. The van der Waals surface area contributed by atoms with E-state index in [-0.39, 0.29) is 9.79 Å². The number of benzene rings is 3. The van der Waals surface area contributed by atoms with E-state index < -0.39 is 20.0 Å². The Morgan fingerprint density at radius 2 is 0.707 bits per heavy atom. The van der Waals surface area contributed by atoms with Crippen molar-refractivity contribution in [1.29, 1.82) is 0 Å². The first kappa shape index (κ1) is 45.4. The minimum atomic E-state index is -3.60. The largest absolute Gasteiger partial charge is 0.254 e. The van der Waals surface area contributed by atoms with Gasteiger partial charge in [0, 0.05) is 36.3 Å². The molecular weight excluding hydrogens is 761 g/mol. The van der Waals surface area contributed by atoms with Crippen LogP contribution in [0.25, 0.3) is 44.1 Å². The van der Waals surface area contributed by atoms with Gasteiger partial charge in [-0.25, -0.2) is 26.3 Å². The van der Waals surface area contributed by atoms with Gasteiger partial charge in [-0.15, -0.1) is 0 Å². The summed E-state index contributed by atoms with van der Waals surface area (Å²) in [6, 6.07) is 22.0. The fourth-order valence-electron chi connectivity index (χ4n) is 7.76. The molecule has 0 atom stereocenters. The molecule has 2 heterocycles. The molecule has 0 bridgehead atoms. The summed E-state index contributed by atoms with van der Waals surface area (Å²) in [7, 11) is -7.21. The van der Waals surface area contributed by atoms with Crippen LogP contribution in [0, 0.1) is 0 Å². The van der Waals surface area contributed by atoms with Crippen molar-refractivity contribution in [2.24, 2.45) is 0 Å². The predicted octanol–water partition coefficient (Wildman–Crippen LogP) is 12.5. The minimum Gasteiger partial charge on any atom is -0.254 e. The SMILES string of the molecule is CCCCCCCCCCCCNS(=O)(=O)c1ccc(-c2ccnc3c2ccc2c(-c4ccc(S(=O)(=O)NCCCCCCCCCCCC)cc4)ccnc23)cc1. The lowest BCUT2D eigenvalue weighted by Gasteiger charge is -2.12. The van der Waals surface area contributed by atoms with Crippen LogP contribution in [0.5, 0.6) is 0 Å². The van der Waals surface area contributed by atoms with E-state index in [4.69, 9.17) is 9.97 Å². The first-order valence-electron chi connectivity index (χ1n) is 22.1. The molecule has 2 aromatic heterocycles. The number of rotatable bonds is 28. The maximum atomic E-state index is 13.1. The maximum absolute atomic E-state index is 13.1. The Bertz CT molecular complexity index is 2050. The molecule has 0 radical (unpaired) electrons. The molecule has 58 heavy (non-hydrogen) atoms. The highest BCUT2D eigenvalue weighted by atomic mass is 32.2. The van der Waals surface area contributed by atoms with Crippen LogP contribution in [0.15, 0.2) is 95.0 Å². The fourth-order valence-corrected chi connectivity index (χ4v) is 9.91. The zero-order chi connectivity index (χ0) is 41.1. The molecule has 10 heteroatoms. The number of hydrogen-bond acceptors (Lipinski definition) is 6. The van der Waals surface area contributed by atoms with Gasteiger partial charge in [-0.2, -0.15) is 0 Å². The summed E-state index contributed by atoms with van der Waals surface area (Å²) in [6.45, 7) is 5.36. The molecular formula is C48H66N4O4S2. The average Bonchev–Trinajstić information content (AvgIpc) is 3.24. The van der Waals surface area contributed by atoms with Gasteiger partial charge < -0.3 is 0 Å². The van der Waals surface area contributed by atoms with E-state index in [9.17, 15) is 16.8 Å². The zero-order valence-electron chi connectivity index (χ0n) is 35.0. The predicted molar refractivity (Wildman–Crippen MR) is 242 cm³/mol. The number of fused-ring (bicyclic) bond motifs is 3. The Kier molecular flexibility index (Phi) is 18.6. The van der Waals surface area contributed by atoms with Crippen molar-refractivity contribution in [2.45, 2.75) is 152 Å². The lowest BCUT2D eigenvalue weighted by atomic mass is 9.96. The Labute approximate surface area is 349 Å². The van der Waals surface area contributed by atoms with E-state index in [0.29, 0.717) is 13.1 Å². The Morgan fingerprint density at radius 3 is 1.03 bits per heavy atom. The molecule has 5 rings (SSSR count). The summed E-state index contributed by atoms with van der Waals surface area (Å²) in [6.07, 6.45) is 27.6. The molecule has 0 aliphatic carbocycles. The number of sulfonamides is 2. The zero-order valence-corrected chi connectivity index (χ0v) is 36.6. The van der Waals surface area contributed by atoms with Crippen molar-refractivity contribution in [3.05, 3.63) is 85.2 Å². The fraction of sp³-hybridized carbons (Fsp3) is 0.500. The highest BCUT2D eigenvalue weighted by molar-refractivity contribution is 7.89. The van der Waals surface area contributed by atoms with Crippen LogP contribution in [0.3, 0.4) is 0 Å². The van der Waals surface area contributed by atoms with Crippen molar-refractivity contribution in [1.82, 2.24) is 19.4 Å². The van der Waals surface area contributed by atoms with E-state index in [2.05, 4.69) is 23.3 Å². The smallest absolute Gasteiger partial charge is 0.240 e. The molecule has 2 N–H and O–H groups in total. The number of nitrogens with one attached hydrogen (secondary N) is 2. The number of aromatic nitrogens is 2. The van der Waals surface area contributed by atoms with E-state index >= 15 is 0 Å². The van der Waals surface area contributed by atoms with Gasteiger partial charge in [-0.3, -0.25) is 9.97 Å². The first-order valence-corrected chi connectivity index (χ1v) is 25.1. The Morgan fingerprint density at radius 1 is 0.397 bits per heavy atom. The molecule has 0 fully saturated rings. The standard InChI is InChI=1S/C48H66N4O4S2/c1-3-5-7-9-11-13-15-17-19-21-35-51-57(53,54)41-27-23-39(24-28-41)43-33-37-49-47-45(43)31-32-46-44(34-38-50-48(46)47)40-25-29-42(30-26-40)58(55,56)52-36-22-20-18-16-14-12-10-8-6-4-2/h23-34,37-38,51-52H,3-22,35-36H2,1-2H3. The highest BCUT2D eigenvalue weighted by Gasteiger charge is 2.17. The molecule has 0 saturated carbocycles. The summed E-state index contributed by atoms with van der Waals surface area (Å²) < 4.78 is 57.8. The van der Waals surface area contributed by atoms with Crippen molar-refractivity contribution in [3.63, 3.8) is 0 Å². The second-order valence-corrected chi connectivity index (χ2v) is 19.3. The van der Waals surface area contributed by atoms with Gasteiger partial charge in [0.2, 0.25) is 20.0 Å². The molecule has 0 aliphatic rings. The van der Waals surface area contributed by atoms with Crippen molar-refractivity contribution < 1.29 is 16.8 Å². The number of pyridine rings is 2. The minimum absolute atomic E-state index is 0.252.